The molecule has 0 aliphatic rings. The molecule has 0 fully saturated rings. The highest BCUT2D eigenvalue weighted by molar-refractivity contribution is 7.26. The molecule has 2 nitrogen and oxygen atoms in total. The van der Waals surface area contributed by atoms with Gasteiger partial charge in [0.25, 0.3) is 0 Å². The molecule has 2 heterocycles. The zero-order valence-electron chi connectivity index (χ0n) is 32.1. The van der Waals surface area contributed by atoms with Gasteiger partial charge < -0.3 is 0 Å². The molecule has 0 saturated heterocycles. The topological polar surface area (TPSA) is 25.8 Å². The molecule has 59 heavy (non-hydrogen) atoms. The van der Waals surface area contributed by atoms with Crippen molar-refractivity contribution in [2.45, 2.75) is 0 Å². The summed E-state index contributed by atoms with van der Waals surface area (Å²) in [5.74, 6) is 0.689. The van der Waals surface area contributed by atoms with Crippen LogP contribution in [0.25, 0.3) is 109 Å². The van der Waals surface area contributed by atoms with Crippen LogP contribution in [-0.2, 0) is 0 Å². The van der Waals surface area contributed by atoms with Crippen molar-refractivity contribution in [1.82, 2.24) is 9.97 Å². The van der Waals surface area contributed by atoms with E-state index in [0.29, 0.717) is 5.82 Å². The predicted octanol–water partition coefficient (Wildman–Crippen LogP) is 15.7. The Labute approximate surface area is 347 Å². The van der Waals surface area contributed by atoms with Gasteiger partial charge in [-0.15, -0.1) is 11.3 Å². The van der Waals surface area contributed by atoms with E-state index in [9.17, 15) is 0 Å². The van der Waals surface area contributed by atoms with Crippen LogP contribution >= 0.6 is 11.3 Å². The van der Waals surface area contributed by atoms with E-state index in [1.807, 2.05) is 11.3 Å². The lowest BCUT2D eigenvalue weighted by molar-refractivity contribution is 1.19. The van der Waals surface area contributed by atoms with Gasteiger partial charge in [0.2, 0.25) is 0 Å². The molecule has 2 aromatic heterocycles. The Kier molecular flexibility index (Phi) is 8.72. The monoisotopic (exact) mass is 768 g/mol. The summed E-state index contributed by atoms with van der Waals surface area (Å²) < 4.78 is 2.50. The normalized spacial score (nSPS) is 11.4. The van der Waals surface area contributed by atoms with Crippen molar-refractivity contribution in [2.75, 3.05) is 0 Å². The molecule has 3 heteroatoms. The predicted molar refractivity (Wildman–Crippen MR) is 250 cm³/mol. The minimum Gasteiger partial charge on any atom is -0.228 e. The lowest BCUT2D eigenvalue weighted by Crippen LogP contribution is -1.97. The minimum atomic E-state index is 0.689. The van der Waals surface area contributed by atoms with Crippen LogP contribution < -0.4 is 0 Å². The van der Waals surface area contributed by atoms with Crippen molar-refractivity contribution in [3.63, 3.8) is 0 Å². The van der Waals surface area contributed by atoms with E-state index in [1.165, 1.54) is 64.3 Å². The molecule has 0 saturated carbocycles. The van der Waals surface area contributed by atoms with Crippen molar-refractivity contribution >= 4 is 42.3 Å². The van der Waals surface area contributed by atoms with E-state index in [4.69, 9.17) is 9.97 Å². The van der Waals surface area contributed by atoms with Gasteiger partial charge in [-0.25, -0.2) is 9.97 Å². The number of fused-ring (bicyclic) bond motifs is 4. The van der Waals surface area contributed by atoms with Gasteiger partial charge in [0.1, 0.15) is 0 Å². The molecule has 0 spiro atoms. The molecule has 276 valence electrons. The minimum absolute atomic E-state index is 0.689. The molecule has 0 bridgehead atoms. The quantitative estimate of drug-likeness (QED) is 0.161. The second-order valence-electron chi connectivity index (χ2n) is 14.9. The number of thiophene rings is 1. The molecule has 11 aromatic rings. The summed E-state index contributed by atoms with van der Waals surface area (Å²) in [4.78, 5) is 10.8. The summed E-state index contributed by atoms with van der Waals surface area (Å²) in [5.41, 5.74) is 14.4. The first kappa shape index (κ1) is 34.8. The maximum absolute atomic E-state index is 5.51. The van der Waals surface area contributed by atoms with Gasteiger partial charge in [-0.1, -0.05) is 182 Å². The largest absolute Gasteiger partial charge is 0.228 e. The molecule has 0 N–H and O–H groups in total. The van der Waals surface area contributed by atoms with Crippen molar-refractivity contribution < 1.29 is 0 Å². The van der Waals surface area contributed by atoms with Gasteiger partial charge in [-0.2, -0.15) is 0 Å². The van der Waals surface area contributed by atoms with Crippen LogP contribution in [0.4, 0.5) is 0 Å². The summed E-state index contributed by atoms with van der Waals surface area (Å²) in [7, 11) is 0. The highest BCUT2D eigenvalue weighted by atomic mass is 32.1. The fraction of sp³-hybridized carbons (Fsp3) is 0. The highest BCUT2D eigenvalue weighted by Gasteiger charge is 2.20. The van der Waals surface area contributed by atoms with Crippen LogP contribution in [0.2, 0.25) is 0 Å². The first-order valence-electron chi connectivity index (χ1n) is 20.0. The second-order valence-corrected chi connectivity index (χ2v) is 16.0. The molecular weight excluding hydrogens is 733 g/mol. The van der Waals surface area contributed by atoms with Crippen LogP contribution in [0.3, 0.4) is 0 Å². The fourth-order valence-corrected chi connectivity index (χ4v) is 9.72. The van der Waals surface area contributed by atoms with Crippen molar-refractivity contribution in [3.05, 3.63) is 218 Å². The Morgan fingerprint density at radius 1 is 0.305 bits per heavy atom. The number of aromatic nitrogens is 2. The Bertz CT molecular complexity index is 3300. The third-order valence-corrected chi connectivity index (χ3v) is 12.4. The first-order chi connectivity index (χ1) is 29.2. The summed E-state index contributed by atoms with van der Waals surface area (Å²) in [5, 5.41) is 4.86. The van der Waals surface area contributed by atoms with Gasteiger partial charge >= 0.3 is 0 Å². The Balaban J connectivity index is 1.15. The number of hydrogen-bond acceptors (Lipinski definition) is 3. The van der Waals surface area contributed by atoms with Crippen LogP contribution in [-0.4, -0.2) is 9.97 Å². The lowest BCUT2D eigenvalue weighted by atomic mass is 9.92. The average Bonchev–Trinajstić information content (AvgIpc) is 3.71. The lowest BCUT2D eigenvalue weighted by Gasteiger charge is -2.14. The second kappa shape index (κ2) is 14.8. The van der Waals surface area contributed by atoms with E-state index >= 15 is 0 Å². The maximum atomic E-state index is 5.51. The summed E-state index contributed by atoms with van der Waals surface area (Å²) in [6, 6.07) is 78.1. The zero-order chi connectivity index (χ0) is 39.1. The van der Waals surface area contributed by atoms with Crippen LogP contribution in [0.5, 0.6) is 0 Å². The molecule has 11 rings (SSSR count). The summed E-state index contributed by atoms with van der Waals surface area (Å²) >= 11 is 1.86. The number of benzene rings is 9. The van der Waals surface area contributed by atoms with Gasteiger partial charge in [0, 0.05) is 36.9 Å². The van der Waals surface area contributed by atoms with E-state index in [-0.39, 0.29) is 0 Å². The highest BCUT2D eigenvalue weighted by Crippen LogP contribution is 2.46. The van der Waals surface area contributed by atoms with Crippen LogP contribution in [0, 0.1) is 0 Å². The van der Waals surface area contributed by atoms with E-state index in [1.54, 1.807) is 0 Å². The fourth-order valence-electron chi connectivity index (χ4n) is 8.42. The van der Waals surface area contributed by atoms with E-state index < -0.39 is 0 Å². The third kappa shape index (κ3) is 6.48. The zero-order valence-corrected chi connectivity index (χ0v) is 32.9. The molecule has 0 aliphatic heterocycles. The maximum Gasteiger partial charge on any atom is 0.160 e. The molecule has 0 atom stereocenters. The summed E-state index contributed by atoms with van der Waals surface area (Å²) in [6.07, 6.45) is 0. The number of hydrogen-bond donors (Lipinski definition) is 0. The molecule has 0 radical (unpaired) electrons. The van der Waals surface area contributed by atoms with Crippen LogP contribution in [0.15, 0.2) is 218 Å². The SMILES string of the molecule is c1ccc(-c2cc(-c3cccc(-c4nc(-c5ccccc5)cc(-c5cc(-c6ccccc6)cc6sc7c(-c8ccccc8)cccc7c56)n4)c3)c3ccccc3c2)cc1. The Hall–Kier alpha value is -7.46. The molecular formula is C56H36N2S. The number of nitrogens with zero attached hydrogens (tertiary/aromatic N) is 2. The standard InChI is InChI=1S/C56H36N2S/c1-5-17-37(18-6-1)44-32-41-25-13-14-28-46(41)49(33-44)42-26-15-27-43(31-42)56-57-51(40-23-11-4-12-24-40)36-52(58-56)50-34-45(38-19-7-2-8-20-38)35-53-54(50)48-30-16-29-47(55(48)59-53)39-21-9-3-10-22-39/h1-36H. The Morgan fingerprint density at radius 2 is 0.847 bits per heavy atom. The molecule has 0 aliphatic carbocycles. The molecule has 0 unspecified atom stereocenters. The Morgan fingerprint density at radius 3 is 1.58 bits per heavy atom. The van der Waals surface area contributed by atoms with E-state index in [0.717, 1.165) is 39.2 Å². The van der Waals surface area contributed by atoms with Gasteiger partial charge in [-0.05, 0) is 91.7 Å². The summed E-state index contributed by atoms with van der Waals surface area (Å²) in [6.45, 7) is 0. The van der Waals surface area contributed by atoms with Crippen molar-refractivity contribution in [2.24, 2.45) is 0 Å². The number of rotatable bonds is 7. The smallest absolute Gasteiger partial charge is 0.160 e. The molecule has 0 amide bonds. The van der Waals surface area contributed by atoms with Crippen molar-refractivity contribution in [1.29, 1.82) is 0 Å². The first-order valence-corrected chi connectivity index (χ1v) is 20.8. The van der Waals surface area contributed by atoms with Gasteiger partial charge in [0.05, 0.1) is 11.4 Å². The van der Waals surface area contributed by atoms with Gasteiger partial charge in [-0.3, -0.25) is 0 Å². The van der Waals surface area contributed by atoms with E-state index in [2.05, 4.69) is 218 Å². The van der Waals surface area contributed by atoms with Gasteiger partial charge in [0.15, 0.2) is 5.82 Å². The molecule has 9 aromatic carbocycles. The van der Waals surface area contributed by atoms with Crippen molar-refractivity contribution in [3.8, 4) is 78.4 Å². The third-order valence-electron chi connectivity index (χ3n) is 11.3. The van der Waals surface area contributed by atoms with Crippen LogP contribution in [0.1, 0.15) is 0 Å². The average molecular weight is 769 g/mol.